The van der Waals surface area contributed by atoms with Crippen LogP contribution in [0.2, 0.25) is 0 Å². The number of carbonyl (C=O) groups is 1. The number of halogens is 1. The van der Waals surface area contributed by atoms with Crippen LogP contribution in [0.25, 0.3) is 6.08 Å². The molecule has 2 aromatic carbocycles. The minimum absolute atomic E-state index is 0.143. The topological polar surface area (TPSA) is 38.3 Å². The third kappa shape index (κ3) is 4.43. The fourth-order valence-corrected chi connectivity index (χ4v) is 3.29. The van der Waals surface area contributed by atoms with Gasteiger partial charge in [0.15, 0.2) is 0 Å². The molecule has 1 fully saturated rings. The summed E-state index contributed by atoms with van der Waals surface area (Å²) in [7, 11) is 0. The molecule has 0 saturated carbocycles. The molecule has 1 saturated heterocycles. The fourth-order valence-electron chi connectivity index (χ4n) is 1.98. The van der Waals surface area contributed by atoms with Crippen molar-refractivity contribution in [1.29, 1.82) is 0 Å². The summed E-state index contributed by atoms with van der Waals surface area (Å²) in [5, 5.41) is 2.60. The molecule has 0 aromatic heterocycles. The van der Waals surface area contributed by atoms with Gasteiger partial charge >= 0.3 is 0 Å². The van der Waals surface area contributed by atoms with Crippen molar-refractivity contribution in [2.45, 2.75) is 6.61 Å². The molecule has 0 radical (unpaired) electrons. The van der Waals surface area contributed by atoms with Crippen LogP contribution < -0.4 is 10.1 Å². The van der Waals surface area contributed by atoms with E-state index in [1.54, 1.807) is 0 Å². The molecule has 0 bridgehead atoms. The number of hydrogen-bond acceptors (Lipinski definition) is 4. The summed E-state index contributed by atoms with van der Waals surface area (Å²) in [6.45, 7) is 0.514. The lowest BCUT2D eigenvalue weighted by Crippen LogP contribution is -2.17. The van der Waals surface area contributed by atoms with Crippen LogP contribution in [0.15, 0.2) is 57.9 Å². The Morgan fingerprint density at radius 3 is 2.43 bits per heavy atom. The van der Waals surface area contributed by atoms with Crippen molar-refractivity contribution in [2.75, 3.05) is 0 Å². The van der Waals surface area contributed by atoms with E-state index in [-0.39, 0.29) is 5.91 Å². The first kappa shape index (κ1) is 16.2. The van der Waals surface area contributed by atoms with E-state index in [1.165, 1.54) is 11.8 Å². The first-order valence-corrected chi connectivity index (χ1v) is 8.84. The van der Waals surface area contributed by atoms with Crippen LogP contribution >= 0.6 is 39.9 Å². The molecule has 23 heavy (non-hydrogen) atoms. The number of thiocarbonyl (C=S) groups is 1. The van der Waals surface area contributed by atoms with Crippen molar-refractivity contribution in [3.63, 3.8) is 0 Å². The summed E-state index contributed by atoms with van der Waals surface area (Å²) in [5.74, 6) is 0.643. The number of thioether (sulfide) groups is 1. The first-order chi connectivity index (χ1) is 11.1. The average molecular weight is 406 g/mol. The highest BCUT2D eigenvalue weighted by Crippen LogP contribution is 2.26. The maximum absolute atomic E-state index is 11.6. The molecule has 6 heteroatoms. The van der Waals surface area contributed by atoms with Gasteiger partial charge in [0.1, 0.15) is 16.7 Å². The standard InChI is InChI=1S/C17H12BrNO2S2/c18-13-5-1-12(2-6-13)10-21-14-7-3-11(4-8-14)9-15-16(20)19-17(22)23-15/h1-9H,10H2,(H,19,20,22)/b15-9+. The monoisotopic (exact) mass is 405 g/mol. The first-order valence-electron chi connectivity index (χ1n) is 6.82. The molecule has 0 atom stereocenters. The number of ether oxygens (including phenoxy) is 1. The average Bonchev–Trinajstić information content (AvgIpc) is 2.86. The molecule has 116 valence electrons. The predicted octanol–water partition coefficient (Wildman–Crippen LogP) is 4.52. The second-order valence-electron chi connectivity index (χ2n) is 4.84. The second kappa shape index (κ2) is 7.29. The summed E-state index contributed by atoms with van der Waals surface area (Å²) in [6.07, 6.45) is 1.82. The van der Waals surface area contributed by atoms with E-state index in [1.807, 2.05) is 54.6 Å². The molecule has 1 N–H and O–H groups in total. The molecular weight excluding hydrogens is 394 g/mol. The molecular formula is C17H12BrNO2S2. The number of nitrogens with one attached hydrogen (secondary N) is 1. The Kier molecular flexibility index (Phi) is 5.15. The lowest BCUT2D eigenvalue weighted by molar-refractivity contribution is -0.115. The molecule has 1 amide bonds. The molecule has 0 aliphatic carbocycles. The molecule has 0 unspecified atom stereocenters. The smallest absolute Gasteiger partial charge is 0.263 e. The van der Waals surface area contributed by atoms with Gasteiger partial charge in [-0.3, -0.25) is 4.79 Å². The van der Waals surface area contributed by atoms with Crippen molar-refractivity contribution in [3.8, 4) is 5.75 Å². The zero-order valence-corrected chi connectivity index (χ0v) is 15.1. The van der Waals surface area contributed by atoms with Crippen molar-refractivity contribution >= 4 is 56.2 Å². The normalized spacial score (nSPS) is 15.8. The van der Waals surface area contributed by atoms with Crippen LogP contribution in [0.1, 0.15) is 11.1 Å². The van der Waals surface area contributed by atoms with Crippen LogP contribution in [0.4, 0.5) is 0 Å². The van der Waals surface area contributed by atoms with Gasteiger partial charge in [-0.15, -0.1) is 0 Å². The third-order valence-corrected chi connectivity index (χ3v) is 4.83. The zero-order valence-electron chi connectivity index (χ0n) is 11.9. The number of benzene rings is 2. The van der Waals surface area contributed by atoms with E-state index in [4.69, 9.17) is 17.0 Å². The molecule has 3 nitrogen and oxygen atoms in total. The number of carbonyl (C=O) groups excluding carboxylic acids is 1. The zero-order chi connectivity index (χ0) is 16.2. The summed E-state index contributed by atoms with van der Waals surface area (Å²) >= 11 is 9.65. The SMILES string of the molecule is O=C1NC(=S)S/C1=C/c1ccc(OCc2ccc(Br)cc2)cc1. The van der Waals surface area contributed by atoms with E-state index < -0.39 is 0 Å². The maximum Gasteiger partial charge on any atom is 0.263 e. The minimum Gasteiger partial charge on any atom is -0.489 e. The third-order valence-electron chi connectivity index (χ3n) is 3.14. The van der Waals surface area contributed by atoms with E-state index in [9.17, 15) is 4.79 Å². The van der Waals surface area contributed by atoms with Gasteiger partial charge in [0.05, 0.1) is 4.91 Å². The number of rotatable bonds is 4. The number of amides is 1. The molecule has 2 aromatic rings. The lowest BCUT2D eigenvalue weighted by Gasteiger charge is -2.06. The van der Waals surface area contributed by atoms with Gasteiger partial charge < -0.3 is 10.1 Å². The van der Waals surface area contributed by atoms with E-state index in [0.29, 0.717) is 15.8 Å². The van der Waals surface area contributed by atoms with Gasteiger partial charge in [-0.05, 0) is 41.5 Å². The van der Waals surface area contributed by atoms with E-state index in [2.05, 4.69) is 21.2 Å². The predicted molar refractivity (Wildman–Crippen MR) is 101 cm³/mol. The maximum atomic E-state index is 11.6. The van der Waals surface area contributed by atoms with Crippen molar-refractivity contribution < 1.29 is 9.53 Å². The second-order valence-corrected chi connectivity index (χ2v) is 7.47. The molecule has 1 heterocycles. The highest BCUT2D eigenvalue weighted by atomic mass is 79.9. The highest BCUT2D eigenvalue weighted by molar-refractivity contribution is 9.10. The van der Waals surface area contributed by atoms with Crippen LogP contribution in [0, 0.1) is 0 Å². The highest BCUT2D eigenvalue weighted by Gasteiger charge is 2.21. The number of hydrogen-bond donors (Lipinski definition) is 1. The van der Waals surface area contributed by atoms with E-state index in [0.717, 1.165) is 21.3 Å². The van der Waals surface area contributed by atoms with Crippen molar-refractivity contribution in [2.24, 2.45) is 0 Å². The van der Waals surface area contributed by atoms with Crippen molar-refractivity contribution in [1.82, 2.24) is 5.32 Å². The van der Waals surface area contributed by atoms with Gasteiger partial charge in [-0.25, -0.2) is 0 Å². The Bertz CT molecular complexity index is 770. The summed E-state index contributed by atoms with van der Waals surface area (Å²) in [6, 6.07) is 15.6. The summed E-state index contributed by atoms with van der Waals surface area (Å²) in [5.41, 5.74) is 2.04. The Balaban J connectivity index is 1.63. The quantitative estimate of drug-likeness (QED) is 0.599. The Labute approximate surface area is 152 Å². The minimum atomic E-state index is -0.143. The van der Waals surface area contributed by atoms with Crippen molar-refractivity contribution in [3.05, 3.63) is 69.0 Å². The lowest BCUT2D eigenvalue weighted by atomic mass is 10.2. The van der Waals surface area contributed by atoms with E-state index >= 15 is 0 Å². The summed E-state index contributed by atoms with van der Waals surface area (Å²) < 4.78 is 7.30. The van der Waals surface area contributed by atoms with Gasteiger partial charge in [-0.1, -0.05) is 64.2 Å². The fraction of sp³-hybridized carbons (Fsp3) is 0.0588. The van der Waals surface area contributed by atoms with Gasteiger partial charge in [0.25, 0.3) is 5.91 Å². The van der Waals surface area contributed by atoms with Crippen LogP contribution in [0.5, 0.6) is 5.75 Å². The molecule has 3 rings (SSSR count). The summed E-state index contributed by atoms with van der Waals surface area (Å²) in [4.78, 5) is 12.2. The van der Waals surface area contributed by atoms with Gasteiger partial charge in [-0.2, -0.15) is 0 Å². The molecule has 0 spiro atoms. The van der Waals surface area contributed by atoms with Gasteiger partial charge in [0.2, 0.25) is 0 Å². The van der Waals surface area contributed by atoms with Crippen LogP contribution in [-0.4, -0.2) is 10.2 Å². The largest absolute Gasteiger partial charge is 0.489 e. The Morgan fingerprint density at radius 1 is 1.13 bits per heavy atom. The molecule has 1 aliphatic rings. The molecule has 1 aliphatic heterocycles. The van der Waals surface area contributed by atoms with Crippen LogP contribution in [-0.2, 0) is 11.4 Å². The van der Waals surface area contributed by atoms with Gasteiger partial charge in [0, 0.05) is 4.47 Å². The Hall–Kier alpha value is -1.63. The Morgan fingerprint density at radius 2 is 1.83 bits per heavy atom. The van der Waals surface area contributed by atoms with Crippen LogP contribution in [0.3, 0.4) is 0 Å².